The molecule has 0 bridgehead atoms. The molecule has 0 spiro atoms. The molecule has 0 radical (unpaired) electrons. The van der Waals surface area contributed by atoms with Gasteiger partial charge in [-0.25, -0.2) is 0 Å². The Morgan fingerprint density at radius 2 is 2.23 bits per heavy atom. The van der Waals surface area contributed by atoms with Crippen LogP contribution in [-0.2, 0) is 5.75 Å². The maximum Gasteiger partial charge on any atom is 0.137 e. The van der Waals surface area contributed by atoms with Crippen molar-refractivity contribution in [2.45, 2.75) is 26.5 Å². The number of rotatable bonds is 3. The molecule has 1 heterocycles. The first kappa shape index (κ1) is 10.2. The molecule has 0 aliphatic carbocycles. The van der Waals surface area contributed by atoms with Crippen molar-refractivity contribution in [3.05, 3.63) is 17.0 Å². The molecule has 70 valence electrons. The second kappa shape index (κ2) is 4.98. The van der Waals surface area contributed by atoms with E-state index in [1.165, 1.54) is 5.56 Å². The van der Waals surface area contributed by atoms with Crippen LogP contribution in [0.1, 0.15) is 23.9 Å². The van der Waals surface area contributed by atoms with Crippen molar-refractivity contribution < 1.29 is 4.52 Å². The number of hydrogen-bond donors (Lipinski definition) is 0. The number of thioether (sulfide) groups is 1. The summed E-state index contributed by atoms with van der Waals surface area (Å²) in [6.07, 6.45) is 0. The average Bonchev–Trinajstić information content (AvgIpc) is 2.42. The van der Waals surface area contributed by atoms with E-state index in [9.17, 15) is 0 Å². The number of aromatic nitrogens is 1. The predicted octanol–water partition coefficient (Wildman–Crippen LogP) is 2.55. The summed E-state index contributed by atoms with van der Waals surface area (Å²) in [5.41, 5.74) is 2.21. The predicted molar refractivity (Wildman–Crippen MR) is 55.6 cm³/mol. The maximum atomic E-state index is 5.05. The molecule has 0 aromatic carbocycles. The zero-order chi connectivity index (χ0) is 9.68. The Kier molecular flexibility index (Phi) is 3.91. The summed E-state index contributed by atoms with van der Waals surface area (Å²) in [5.74, 6) is 8.62. The van der Waals surface area contributed by atoms with Gasteiger partial charge < -0.3 is 4.52 Å². The zero-order valence-electron chi connectivity index (χ0n) is 8.18. The minimum absolute atomic E-state index is 0.876. The average molecular weight is 195 g/mol. The molecule has 13 heavy (non-hydrogen) atoms. The monoisotopic (exact) mass is 195 g/mol. The Bertz CT molecular complexity index is 313. The van der Waals surface area contributed by atoms with Gasteiger partial charge in [-0.15, -0.1) is 17.7 Å². The molecular formula is C10H13NOS. The van der Waals surface area contributed by atoms with Gasteiger partial charge in [-0.05, 0) is 20.8 Å². The summed E-state index contributed by atoms with van der Waals surface area (Å²) in [6.45, 7) is 5.77. The molecule has 0 fully saturated rings. The van der Waals surface area contributed by atoms with Gasteiger partial charge in [0, 0.05) is 11.3 Å². The maximum absolute atomic E-state index is 5.05. The van der Waals surface area contributed by atoms with E-state index < -0.39 is 0 Å². The highest BCUT2D eigenvalue weighted by Gasteiger charge is 2.07. The normalized spacial score (nSPS) is 9.46. The lowest BCUT2D eigenvalue weighted by atomic mass is 10.2. The Balaban J connectivity index is 2.47. The lowest BCUT2D eigenvalue weighted by Gasteiger charge is -1.95. The standard InChI is InChI=1S/C10H13NOS/c1-4-5-6-13-7-10-8(2)11-12-9(10)3/h6-7H2,1-3H3. The third-order valence-corrected chi connectivity index (χ3v) is 2.62. The van der Waals surface area contributed by atoms with Gasteiger partial charge in [0.25, 0.3) is 0 Å². The SMILES string of the molecule is CC#CCSCc1c(C)noc1C. The van der Waals surface area contributed by atoms with E-state index in [0.29, 0.717) is 0 Å². The molecular weight excluding hydrogens is 182 g/mol. The molecule has 0 amide bonds. The van der Waals surface area contributed by atoms with E-state index >= 15 is 0 Å². The first-order chi connectivity index (χ1) is 6.25. The molecule has 0 saturated carbocycles. The van der Waals surface area contributed by atoms with Crippen LogP contribution in [0.5, 0.6) is 0 Å². The summed E-state index contributed by atoms with van der Waals surface area (Å²) >= 11 is 1.79. The summed E-state index contributed by atoms with van der Waals surface area (Å²) < 4.78 is 5.05. The Morgan fingerprint density at radius 1 is 1.46 bits per heavy atom. The van der Waals surface area contributed by atoms with Gasteiger partial charge in [-0.2, -0.15) is 0 Å². The van der Waals surface area contributed by atoms with Gasteiger partial charge in [0.2, 0.25) is 0 Å². The second-order valence-electron chi connectivity index (χ2n) is 2.72. The third-order valence-electron chi connectivity index (χ3n) is 1.78. The van der Waals surface area contributed by atoms with Gasteiger partial charge in [0.15, 0.2) is 0 Å². The van der Waals surface area contributed by atoms with Gasteiger partial charge in [-0.3, -0.25) is 0 Å². The van der Waals surface area contributed by atoms with Gasteiger partial charge in [0.1, 0.15) is 5.76 Å². The zero-order valence-corrected chi connectivity index (χ0v) is 8.99. The van der Waals surface area contributed by atoms with E-state index in [1.807, 2.05) is 20.8 Å². The van der Waals surface area contributed by atoms with Crippen molar-refractivity contribution in [2.75, 3.05) is 5.75 Å². The molecule has 1 aromatic rings. The van der Waals surface area contributed by atoms with Gasteiger partial charge >= 0.3 is 0 Å². The first-order valence-corrected chi connectivity index (χ1v) is 5.30. The molecule has 2 nitrogen and oxygen atoms in total. The Morgan fingerprint density at radius 3 is 2.77 bits per heavy atom. The largest absolute Gasteiger partial charge is 0.361 e. The topological polar surface area (TPSA) is 26.0 Å². The minimum atomic E-state index is 0.876. The summed E-state index contributed by atoms with van der Waals surface area (Å²) in [6, 6.07) is 0. The van der Waals surface area contributed by atoms with Crippen LogP contribution in [-0.4, -0.2) is 10.9 Å². The van der Waals surface area contributed by atoms with Crippen LogP contribution >= 0.6 is 11.8 Å². The van der Waals surface area contributed by atoms with Crippen molar-refractivity contribution in [3.8, 4) is 11.8 Å². The fourth-order valence-corrected chi connectivity index (χ4v) is 1.95. The van der Waals surface area contributed by atoms with E-state index in [4.69, 9.17) is 4.52 Å². The van der Waals surface area contributed by atoms with Crippen LogP contribution in [0.15, 0.2) is 4.52 Å². The Hall–Kier alpha value is -0.880. The van der Waals surface area contributed by atoms with E-state index in [2.05, 4.69) is 17.0 Å². The van der Waals surface area contributed by atoms with Gasteiger partial charge in [0.05, 0.1) is 11.4 Å². The van der Waals surface area contributed by atoms with Crippen LogP contribution < -0.4 is 0 Å². The van der Waals surface area contributed by atoms with Gasteiger partial charge in [-0.1, -0.05) is 11.1 Å². The molecule has 0 aliphatic heterocycles. The van der Waals surface area contributed by atoms with Crippen LogP contribution in [0.3, 0.4) is 0 Å². The number of hydrogen-bond acceptors (Lipinski definition) is 3. The van der Waals surface area contributed by atoms with Crippen LogP contribution in [0, 0.1) is 25.7 Å². The highest BCUT2D eigenvalue weighted by molar-refractivity contribution is 7.98. The molecule has 0 unspecified atom stereocenters. The minimum Gasteiger partial charge on any atom is -0.361 e. The third kappa shape index (κ3) is 2.82. The lowest BCUT2D eigenvalue weighted by Crippen LogP contribution is -1.85. The van der Waals surface area contributed by atoms with Crippen molar-refractivity contribution in [1.29, 1.82) is 0 Å². The lowest BCUT2D eigenvalue weighted by molar-refractivity contribution is 0.392. The van der Waals surface area contributed by atoms with Crippen LogP contribution in [0.25, 0.3) is 0 Å². The van der Waals surface area contributed by atoms with Crippen molar-refractivity contribution in [1.82, 2.24) is 5.16 Å². The van der Waals surface area contributed by atoms with Crippen LogP contribution in [0.2, 0.25) is 0 Å². The second-order valence-corrected chi connectivity index (χ2v) is 3.71. The van der Waals surface area contributed by atoms with E-state index in [1.54, 1.807) is 11.8 Å². The summed E-state index contributed by atoms with van der Waals surface area (Å²) in [7, 11) is 0. The molecule has 0 atom stereocenters. The number of nitrogens with zero attached hydrogens (tertiary/aromatic N) is 1. The molecule has 3 heteroatoms. The molecule has 1 aromatic heterocycles. The molecule has 0 aliphatic rings. The highest BCUT2D eigenvalue weighted by Crippen LogP contribution is 2.18. The highest BCUT2D eigenvalue weighted by atomic mass is 32.2. The van der Waals surface area contributed by atoms with E-state index in [-0.39, 0.29) is 0 Å². The summed E-state index contributed by atoms with van der Waals surface area (Å²) in [5, 5.41) is 3.89. The first-order valence-electron chi connectivity index (χ1n) is 4.14. The quantitative estimate of drug-likeness (QED) is 0.547. The van der Waals surface area contributed by atoms with E-state index in [0.717, 1.165) is 23.0 Å². The summed E-state index contributed by atoms with van der Waals surface area (Å²) in [4.78, 5) is 0. The fraction of sp³-hybridized carbons (Fsp3) is 0.500. The molecule has 0 N–H and O–H groups in total. The molecule has 1 rings (SSSR count). The fourth-order valence-electron chi connectivity index (χ4n) is 0.984. The number of aryl methyl sites for hydroxylation is 2. The van der Waals surface area contributed by atoms with Crippen molar-refractivity contribution >= 4 is 11.8 Å². The molecule has 0 saturated heterocycles. The Labute approximate surface area is 83.1 Å². The van der Waals surface area contributed by atoms with Crippen LogP contribution in [0.4, 0.5) is 0 Å². The van der Waals surface area contributed by atoms with Crippen molar-refractivity contribution in [2.24, 2.45) is 0 Å². The van der Waals surface area contributed by atoms with Crippen molar-refractivity contribution in [3.63, 3.8) is 0 Å². The smallest absolute Gasteiger partial charge is 0.137 e.